The Balaban J connectivity index is 2.24. The molecule has 0 aromatic rings. The van der Waals surface area contributed by atoms with Crippen LogP contribution in [0.25, 0.3) is 0 Å². The Bertz CT molecular complexity index is 150. The number of carbonyl (C=O) groups is 1. The first-order valence-electron chi connectivity index (χ1n) is 4.43. The molecule has 0 aliphatic heterocycles. The predicted molar refractivity (Wildman–Crippen MR) is 44.5 cm³/mol. The van der Waals surface area contributed by atoms with Gasteiger partial charge in [0, 0.05) is 0 Å². The summed E-state index contributed by atoms with van der Waals surface area (Å²) in [6, 6.07) is 0. The molecule has 1 radical (unpaired) electrons. The van der Waals surface area contributed by atoms with E-state index in [0.29, 0.717) is 0 Å². The van der Waals surface area contributed by atoms with Crippen LogP contribution in [0.5, 0.6) is 0 Å². The van der Waals surface area contributed by atoms with E-state index in [-0.39, 0.29) is 12.2 Å². The minimum absolute atomic E-state index is 0.127. The van der Waals surface area contributed by atoms with Gasteiger partial charge >= 0.3 is 5.97 Å². The van der Waals surface area contributed by atoms with E-state index in [9.17, 15) is 4.79 Å². The van der Waals surface area contributed by atoms with Gasteiger partial charge < -0.3 is 9.84 Å². The Hall–Kier alpha value is -0.570. The highest BCUT2D eigenvalue weighted by molar-refractivity contribution is 5.79. The molecule has 0 bridgehead atoms. The van der Waals surface area contributed by atoms with E-state index in [0.717, 1.165) is 25.7 Å². The van der Waals surface area contributed by atoms with Gasteiger partial charge in [-0.15, -0.1) is 0 Å². The Kier molecular flexibility index (Phi) is 3.53. The lowest BCUT2D eigenvalue weighted by Crippen LogP contribution is -2.22. The molecular weight excluding hydrogens is 156 g/mol. The minimum atomic E-state index is -0.944. The maximum atomic E-state index is 10.4. The van der Waals surface area contributed by atoms with Gasteiger partial charge in [0.15, 0.2) is 0 Å². The van der Waals surface area contributed by atoms with E-state index in [4.69, 9.17) is 9.84 Å². The first kappa shape index (κ1) is 9.52. The molecule has 0 amide bonds. The van der Waals surface area contributed by atoms with Crippen molar-refractivity contribution in [1.29, 1.82) is 0 Å². The number of hydrogen-bond donors (Lipinski definition) is 1. The molecule has 0 unspecified atom stereocenters. The second-order valence-corrected chi connectivity index (χ2v) is 3.24. The summed E-state index contributed by atoms with van der Waals surface area (Å²) < 4.78 is 5.27. The van der Waals surface area contributed by atoms with Gasteiger partial charge in [0.1, 0.15) is 0 Å². The maximum absolute atomic E-state index is 10.4. The number of hydrogen-bond acceptors (Lipinski definition) is 2. The van der Waals surface area contributed by atoms with Crippen molar-refractivity contribution in [2.75, 3.05) is 0 Å². The zero-order valence-corrected chi connectivity index (χ0v) is 7.38. The quantitative estimate of drug-likeness (QED) is 0.706. The molecule has 1 fully saturated rings. The summed E-state index contributed by atoms with van der Waals surface area (Å²) in [6.07, 6.45) is 5.87. The lowest BCUT2D eigenvalue weighted by Gasteiger charge is -2.23. The van der Waals surface area contributed by atoms with Crippen LogP contribution in [0.4, 0.5) is 0 Å². The van der Waals surface area contributed by atoms with Gasteiger partial charge in [-0.25, -0.2) is 4.79 Å². The molecule has 0 aromatic heterocycles. The molecule has 0 heterocycles. The zero-order chi connectivity index (χ0) is 8.97. The first-order valence-corrected chi connectivity index (χ1v) is 4.43. The SMILES string of the molecule is C[C](OC1CCCCC1)C(=O)O. The van der Waals surface area contributed by atoms with Crippen LogP contribution in [-0.4, -0.2) is 17.2 Å². The summed E-state index contributed by atoms with van der Waals surface area (Å²) in [4.78, 5) is 10.4. The maximum Gasteiger partial charge on any atom is 0.339 e. The summed E-state index contributed by atoms with van der Waals surface area (Å²) >= 11 is 0. The van der Waals surface area contributed by atoms with Crippen molar-refractivity contribution in [1.82, 2.24) is 0 Å². The normalized spacial score (nSPS) is 19.8. The highest BCUT2D eigenvalue weighted by atomic mass is 16.5. The van der Waals surface area contributed by atoms with Crippen LogP contribution >= 0.6 is 0 Å². The third kappa shape index (κ3) is 2.81. The molecule has 3 heteroatoms. The number of carboxylic acid groups (broad SMARTS) is 1. The third-order valence-corrected chi connectivity index (χ3v) is 2.20. The fourth-order valence-electron chi connectivity index (χ4n) is 1.48. The molecule has 69 valence electrons. The smallest absolute Gasteiger partial charge is 0.339 e. The Morgan fingerprint density at radius 3 is 2.42 bits per heavy atom. The van der Waals surface area contributed by atoms with Crippen molar-refractivity contribution < 1.29 is 14.6 Å². The van der Waals surface area contributed by atoms with E-state index in [1.165, 1.54) is 13.3 Å². The summed E-state index contributed by atoms with van der Waals surface area (Å²) in [5.74, 6) is -0.944. The number of aliphatic carboxylic acids is 1. The fourth-order valence-corrected chi connectivity index (χ4v) is 1.48. The molecule has 0 aromatic carbocycles. The molecule has 1 aliphatic rings. The third-order valence-electron chi connectivity index (χ3n) is 2.20. The van der Waals surface area contributed by atoms with Crippen LogP contribution in [0.15, 0.2) is 0 Å². The lowest BCUT2D eigenvalue weighted by molar-refractivity contribution is -0.143. The molecule has 0 atom stereocenters. The van der Waals surface area contributed by atoms with Gasteiger partial charge in [0.25, 0.3) is 0 Å². The average molecular weight is 171 g/mol. The molecule has 0 spiro atoms. The van der Waals surface area contributed by atoms with Gasteiger partial charge in [-0.1, -0.05) is 19.3 Å². The predicted octanol–water partition coefficient (Wildman–Crippen LogP) is 1.97. The second-order valence-electron chi connectivity index (χ2n) is 3.24. The molecule has 1 rings (SSSR count). The van der Waals surface area contributed by atoms with E-state index in [1.54, 1.807) is 0 Å². The van der Waals surface area contributed by atoms with Gasteiger partial charge in [-0.2, -0.15) is 0 Å². The second kappa shape index (κ2) is 4.45. The Morgan fingerprint density at radius 2 is 1.92 bits per heavy atom. The Morgan fingerprint density at radius 1 is 1.33 bits per heavy atom. The van der Waals surface area contributed by atoms with Gasteiger partial charge in [0.05, 0.1) is 6.10 Å². The molecule has 1 aliphatic carbocycles. The van der Waals surface area contributed by atoms with Crippen LogP contribution < -0.4 is 0 Å². The van der Waals surface area contributed by atoms with E-state index < -0.39 is 5.97 Å². The van der Waals surface area contributed by atoms with Crippen molar-refractivity contribution in [3.8, 4) is 0 Å². The van der Waals surface area contributed by atoms with Gasteiger partial charge in [-0.3, -0.25) is 0 Å². The van der Waals surface area contributed by atoms with Crippen molar-refractivity contribution >= 4 is 5.97 Å². The van der Waals surface area contributed by atoms with Gasteiger partial charge in [-0.05, 0) is 19.8 Å². The number of carboxylic acids is 1. The van der Waals surface area contributed by atoms with Crippen molar-refractivity contribution in [3.05, 3.63) is 6.10 Å². The molecule has 1 saturated carbocycles. The minimum Gasteiger partial charge on any atom is -0.479 e. The highest BCUT2D eigenvalue weighted by Crippen LogP contribution is 2.22. The van der Waals surface area contributed by atoms with Crippen LogP contribution in [0.2, 0.25) is 0 Å². The van der Waals surface area contributed by atoms with Crippen LogP contribution in [-0.2, 0) is 9.53 Å². The summed E-state index contributed by atoms with van der Waals surface area (Å²) in [7, 11) is 0. The fraction of sp³-hybridized carbons (Fsp3) is 0.778. The van der Waals surface area contributed by atoms with Crippen LogP contribution in [0, 0.1) is 6.10 Å². The number of ether oxygens (including phenoxy) is 1. The standard InChI is InChI=1S/C9H15O3/c1-7(9(10)11)12-8-5-3-2-4-6-8/h8H,2-6H2,1H3,(H,10,11). The van der Waals surface area contributed by atoms with Crippen molar-refractivity contribution in [2.45, 2.75) is 45.1 Å². The molecule has 12 heavy (non-hydrogen) atoms. The van der Waals surface area contributed by atoms with Gasteiger partial charge in [0.2, 0.25) is 6.10 Å². The van der Waals surface area contributed by atoms with Crippen molar-refractivity contribution in [2.24, 2.45) is 0 Å². The topological polar surface area (TPSA) is 46.5 Å². The molecule has 3 nitrogen and oxygen atoms in total. The summed E-state index contributed by atoms with van der Waals surface area (Å²) in [5, 5.41) is 8.55. The van der Waals surface area contributed by atoms with E-state index in [1.807, 2.05) is 0 Å². The molecule has 1 N–H and O–H groups in total. The van der Waals surface area contributed by atoms with Crippen LogP contribution in [0.3, 0.4) is 0 Å². The average Bonchev–Trinajstić information content (AvgIpc) is 2.06. The van der Waals surface area contributed by atoms with Crippen molar-refractivity contribution in [3.63, 3.8) is 0 Å². The first-order chi connectivity index (χ1) is 5.70. The van der Waals surface area contributed by atoms with E-state index >= 15 is 0 Å². The van der Waals surface area contributed by atoms with Crippen LogP contribution in [0.1, 0.15) is 39.0 Å². The molecule has 0 saturated heterocycles. The monoisotopic (exact) mass is 171 g/mol. The zero-order valence-electron chi connectivity index (χ0n) is 7.38. The van der Waals surface area contributed by atoms with E-state index in [2.05, 4.69) is 0 Å². The largest absolute Gasteiger partial charge is 0.479 e. The number of rotatable bonds is 3. The highest BCUT2D eigenvalue weighted by Gasteiger charge is 2.21. The lowest BCUT2D eigenvalue weighted by atomic mass is 9.98. The molecular formula is C9H15O3. The summed E-state index contributed by atoms with van der Waals surface area (Å²) in [6.45, 7) is 1.51. The summed E-state index contributed by atoms with van der Waals surface area (Å²) in [5.41, 5.74) is 0. The Labute approximate surface area is 72.7 Å².